The molecule has 2 rings (SSSR count). The summed E-state index contributed by atoms with van der Waals surface area (Å²) < 4.78 is 7.33. The fourth-order valence-corrected chi connectivity index (χ4v) is 1.83. The van der Waals surface area contributed by atoms with Gasteiger partial charge in [-0.25, -0.2) is 4.98 Å². The van der Waals surface area contributed by atoms with Crippen molar-refractivity contribution in [2.75, 3.05) is 25.1 Å². The molecule has 2 aromatic heterocycles. The average Bonchev–Trinajstić information content (AvgIpc) is 2.81. The topological polar surface area (TPSA) is 52.0 Å². The second kappa shape index (κ2) is 6.89. The molecule has 2 aromatic rings. The highest BCUT2D eigenvalue weighted by Gasteiger charge is 2.06. The lowest BCUT2D eigenvalue weighted by atomic mass is 10.4. The lowest BCUT2D eigenvalue weighted by Gasteiger charge is -2.09. The molecule has 0 atom stereocenters. The molecule has 102 valence electrons. The maximum atomic E-state index is 5.31. The van der Waals surface area contributed by atoms with Gasteiger partial charge in [-0.2, -0.15) is 0 Å². The van der Waals surface area contributed by atoms with Crippen LogP contribution in [-0.4, -0.2) is 34.3 Å². The summed E-state index contributed by atoms with van der Waals surface area (Å²) in [7, 11) is 0. The van der Waals surface area contributed by atoms with Crippen LogP contribution < -0.4 is 5.32 Å². The summed E-state index contributed by atoms with van der Waals surface area (Å²) in [6.45, 7) is 6.38. The van der Waals surface area contributed by atoms with Crippen LogP contribution >= 0.6 is 0 Å². The Labute approximate surface area is 113 Å². The largest absolute Gasteiger partial charge is 0.382 e. The van der Waals surface area contributed by atoms with Crippen LogP contribution in [0.25, 0.3) is 5.69 Å². The van der Waals surface area contributed by atoms with Crippen LogP contribution in [0.15, 0.2) is 30.7 Å². The Balaban J connectivity index is 2.01. The van der Waals surface area contributed by atoms with E-state index in [1.807, 2.05) is 42.9 Å². The van der Waals surface area contributed by atoms with Crippen LogP contribution in [-0.2, 0) is 4.74 Å². The molecule has 0 bridgehead atoms. The highest BCUT2D eigenvalue weighted by molar-refractivity contribution is 5.41. The molecule has 0 fully saturated rings. The highest BCUT2D eigenvalue weighted by atomic mass is 16.5. The zero-order valence-corrected chi connectivity index (χ0v) is 11.5. The number of aryl methyl sites for hydroxylation is 1. The van der Waals surface area contributed by atoms with E-state index in [-0.39, 0.29) is 0 Å². The molecule has 19 heavy (non-hydrogen) atoms. The molecule has 5 nitrogen and oxygen atoms in total. The predicted molar refractivity (Wildman–Crippen MR) is 75.7 cm³/mol. The van der Waals surface area contributed by atoms with E-state index in [0.29, 0.717) is 0 Å². The number of aromatic nitrogens is 3. The average molecular weight is 260 g/mol. The second-order valence-corrected chi connectivity index (χ2v) is 4.26. The number of nitrogens with one attached hydrogen (secondary N) is 1. The summed E-state index contributed by atoms with van der Waals surface area (Å²) in [5.41, 5.74) is 1.99. The van der Waals surface area contributed by atoms with E-state index in [1.165, 1.54) is 0 Å². The van der Waals surface area contributed by atoms with Crippen LogP contribution in [0.5, 0.6) is 0 Å². The standard InChI is InChI=1S/C14H20N4O/c1-3-19-9-5-8-16-14-17-12(2)11-18(14)13-6-4-7-15-10-13/h4,6-7,10-11H,3,5,8-9H2,1-2H3,(H,16,17). The monoisotopic (exact) mass is 260 g/mol. The third-order valence-corrected chi connectivity index (χ3v) is 2.70. The molecular weight excluding hydrogens is 240 g/mol. The highest BCUT2D eigenvalue weighted by Crippen LogP contribution is 2.15. The lowest BCUT2D eigenvalue weighted by molar-refractivity contribution is 0.147. The Hall–Kier alpha value is -1.88. The molecule has 0 aliphatic carbocycles. The summed E-state index contributed by atoms with van der Waals surface area (Å²) in [5, 5.41) is 3.34. The van der Waals surface area contributed by atoms with Gasteiger partial charge >= 0.3 is 0 Å². The van der Waals surface area contributed by atoms with Gasteiger partial charge in [-0.15, -0.1) is 0 Å². The number of anilines is 1. The molecule has 2 heterocycles. The van der Waals surface area contributed by atoms with Crippen molar-refractivity contribution < 1.29 is 4.74 Å². The molecule has 0 unspecified atom stereocenters. The number of hydrogen-bond acceptors (Lipinski definition) is 4. The third-order valence-electron chi connectivity index (χ3n) is 2.70. The van der Waals surface area contributed by atoms with Gasteiger partial charge in [0, 0.05) is 32.2 Å². The zero-order chi connectivity index (χ0) is 13.5. The second-order valence-electron chi connectivity index (χ2n) is 4.26. The number of ether oxygens (including phenoxy) is 1. The third kappa shape index (κ3) is 3.79. The Bertz CT molecular complexity index is 495. The smallest absolute Gasteiger partial charge is 0.207 e. The molecule has 0 aliphatic rings. The maximum absolute atomic E-state index is 5.31. The number of hydrogen-bond donors (Lipinski definition) is 1. The first-order valence-corrected chi connectivity index (χ1v) is 6.59. The van der Waals surface area contributed by atoms with Crippen molar-refractivity contribution in [3.05, 3.63) is 36.4 Å². The van der Waals surface area contributed by atoms with E-state index in [0.717, 1.165) is 43.5 Å². The molecule has 0 amide bonds. The van der Waals surface area contributed by atoms with E-state index < -0.39 is 0 Å². The molecule has 5 heteroatoms. The lowest BCUT2D eigenvalue weighted by Crippen LogP contribution is -2.10. The Morgan fingerprint density at radius 3 is 3.05 bits per heavy atom. The van der Waals surface area contributed by atoms with Crippen molar-refractivity contribution in [2.45, 2.75) is 20.3 Å². The molecule has 0 radical (unpaired) electrons. The summed E-state index contributed by atoms with van der Waals surface area (Å²) in [6, 6.07) is 3.93. The number of pyridine rings is 1. The van der Waals surface area contributed by atoms with E-state index in [2.05, 4.69) is 15.3 Å². The molecule has 0 aromatic carbocycles. The van der Waals surface area contributed by atoms with Gasteiger partial charge in [0.2, 0.25) is 5.95 Å². The Morgan fingerprint density at radius 1 is 1.42 bits per heavy atom. The van der Waals surface area contributed by atoms with Crippen LogP contribution in [0.4, 0.5) is 5.95 Å². The summed E-state index contributed by atoms with van der Waals surface area (Å²) in [5.74, 6) is 0.849. The molecule has 0 spiro atoms. The predicted octanol–water partition coefficient (Wildman–Crippen LogP) is 2.41. The van der Waals surface area contributed by atoms with Crippen molar-refractivity contribution >= 4 is 5.95 Å². The zero-order valence-electron chi connectivity index (χ0n) is 11.5. The van der Waals surface area contributed by atoms with Gasteiger partial charge in [0.05, 0.1) is 17.6 Å². The van der Waals surface area contributed by atoms with Gasteiger partial charge in [-0.05, 0) is 32.4 Å². The van der Waals surface area contributed by atoms with E-state index in [9.17, 15) is 0 Å². The quantitative estimate of drug-likeness (QED) is 0.777. The van der Waals surface area contributed by atoms with E-state index >= 15 is 0 Å². The molecule has 0 saturated heterocycles. The number of imidazole rings is 1. The van der Waals surface area contributed by atoms with Crippen LogP contribution in [0.2, 0.25) is 0 Å². The minimum Gasteiger partial charge on any atom is -0.382 e. The molecular formula is C14H20N4O. The minimum atomic E-state index is 0.767. The van der Waals surface area contributed by atoms with E-state index in [4.69, 9.17) is 4.74 Å². The first-order chi connectivity index (χ1) is 9.31. The van der Waals surface area contributed by atoms with Gasteiger partial charge in [0.1, 0.15) is 0 Å². The minimum absolute atomic E-state index is 0.767. The summed E-state index contributed by atoms with van der Waals surface area (Å²) in [6.07, 6.45) is 6.56. The molecule has 1 N–H and O–H groups in total. The first-order valence-electron chi connectivity index (χ1n) is 6.59. The van der Waals surface area contributed by atoms with Crippen LogP contribution in [0, 0.1) is 6.92 Å². The van der Waals surface area contributed by atoms with Crippen molar-refractivity contribution in [1.29, 1.82) is 0 Å². The summed E-state index contributed by atoms with van der Waals surface area (Å²) in [4.78, 5) is 8.62. The van der Waals surface area contributed by atoms with Crippen molar-refractivity contribution in [1.82, 2.24) is 14.5 Å². The maximum Gasteiger partial charge on any atom is 0.207 e. The van der Waals surface area contributed by atoms with Gasteiger partial charge < -0.3 is 10.1 Å². The normalized spacial score (nSPS) is 10.6. The Morgan fingerprint density at radius 2 is 2.32 bits per heavy atom. The number of rotatable bonds is 7. The fraction of sp³-hybridized carbons (Fsp3) is 0.429. The van der Waals surface area contributed by atoms with Crippen molar-refractivity contribution in [3.63, 3.8) is 0 Å². The van der Waals surface area contributed by atoms with Gasteiger partial charge in [-0.1, -0.05) is 0 Å². The van der Waals surface area contributed by atoms with E-state index in [1.54, 1.807) is 6.20 Å². The molecule has 0 saturated carbocycles. The van der Waals surface area contributed by atoms with Crippen molar-refractivity contribution in [2.24, 2.45) is 0 Å². The van der Waals surface area contributed by atoms with Crippen LogP contribution in [0.1, 0.15) is 19.0 Å². The van der Waals surface area contributed by atoms with Gasteiger partial charge in [0.25, 0.3) is 0 Å². The Kier molecular flexibility index (Phi) is 4.92. The van der Waals surface area contributed by atoms with Crippen molar-refractivity contribution in [3.8, 4) is 5.69 Å². The SMILES string of the molecule is CCOCCCNc1nc(C)cn1-c1cccnc1. The fourth-order valence-electron chi connectivity index (χ4n) is 1.83. The molecule has 0 aliphatic heterocycles. The number of nitrogens with zero attached hydrogens (tertiary/aromatic N) is 3. The first kappa shape index (κ1) is 13.5. The van der Waals surface area contributed by atoms with Crippen LogP contribution in [0.3, 0.4) is 0 Å². The van der Waals surface area contributed by atoms with Gasteiger partial charge in [0.15, 0.2) is 0 Å². The van der Waals surface area contributed by atoms with Gasteiger partial charge in [-0.3, -0.25) is 9.55 Å². The summed E-state index contributed by atoms with van der Waals surface area (Å²) >= 11 is 0.